The Morgan fingerprint density at radius 2 is 1.91 bits per heavy atom. The maximum Gasteiger partial charge on any atom is 0.308 e. The molecule has 1 aromatic heterocycles. The Morgan fingerprint density at radius 1 is 1.18 bits per heavy atom. The molecule has 4 atom stereocenters. The summed E-state index contributed by atoms with van der Waals surface area (Å²) in [5, 5.41) is 15.1. The van der Waals surface area contributed by atoms with Crippen LogP contribution >= 0.6 is 0 Å². The first-order valence-electron chi connectivity index (χ1n) is 11.5. The van der Waals surface area contributed by atoms with Crippen molar-refractivity contribution < 1.29 is 28.7 Å². The van der Waals surface area contributed by atoms with Crippen LogP contribution in [0, 0.1) is 17.7 Å². The van der Waals surface area contributed by atoms with Gasteiger partial charge in [-0.1, -0.05) is 26.0 Å². The van der Waals surface area contributed by atoms with E-state index in [0.717, 1.165) is 11.3 Å². The molecule has 2 heterocycles. The molecular weight excluding hydrogens is 441 g/mol. The third kappa shape index (κ3) is 4.47. The van der Waals surface area contributed by atoms with Crippen LogP contribution in [0.4, 0.5) is 4.39 Å². The molecule has 1 aromatic carbocycles. The highest BCUT2D eigenvalue weighted by atomic mass is 19.1. The average Bonchev–Trinajstić information content (AvgIpc) is 3.11. The molecule has 3 N–H and O–H groups in total. The van der Waals surface area contributed by atoms with Gasteiger partial charge in [0, 0.05) is 30.9 Å². The monoisotopic (exact) mass is 469 g/mol. The van der Waals surface area contributed by atoms with Crippen LogP contribution in [0.5, 0.6) is 0 Å². The minimum Gasteiger partial charge on any atom is -0.481 e. The second-order valence-corrected chi connectivity index (χ2v) is 9.39. The molecule has 2 unspecified atom stereocenters. The number of aryl methyl sites for hydroxylation is 1. The molecule has 0 fully saturated rings. The number of hydrogen-bond acceptors (Lipinski definition) is 4. The van der Waals surface area contributed by atoms with Crippen LogP contribution in [0.25, 0.3) is 0 Å². The van der Waals surface area contributed by atoms with E-state index in [1.54, 1.807) is 19.9 Å². The van der Waals surface area contributed by atoms with Crippen molar-refractivity contribution >= 4 is 23.6 Å². The van der Waals surface area contributed by atoms with Crippen molar-refractivity contribution in [1.29, 1.82) is 0 Å². The van der Waals surface area contributed by atoms with E-state index >= 15 is 0 Å². The van der Waals surface area contributed by atoms with Gasteiger partial charge in [-0.05, 0) is 42.5 Å². The van der Waals surface area contributed by atoms with Crippen molar-refractivity contribution in [2.45, 2.75) is 57.7 Å². The molecule has 1 aliphatic heterocycles. The highest BCUT2D eigenvalue weighted by Gasteiger charge is 2.42. The van der Waals surface area contributed by atoms with E-state index in [-0.39, 0.29) is 30.2 Å². The summed E-state index contributed by atoms with van der Waals surface area (Å²) < 4.78 is 15.9. The molecule has 9 heteroatoms. The number of ketones is 1. The quantitative estimate of drug-likeness (QED) is 0.600. The summed E-state index contributed by atoms with van der Waals surface area (Å²) in [6, 6.07) is 5.98. The van der Waals surface area contributed by atoms with Gasteiger partial charge >= 0.3 is 5.97 Å². The Labute approximate surface area is 196 Å². The van der Waals surface area contributed by atoms with Crippen molar-refractivity contribution in [3.63, 3.8) is 0 Å². The minimum atomic E-state index is -1.02. The van der Waals surface area contributed by atoms with Crippen LogP contribution in [0.1, 0.15) is 54.2 Å². The van der Waals surface area contributed by atoms with Crippen molar-refractivity contribution in [3.05, 3.63) is 59.2 Å². The van der Waals surface area contributed by atoms with Crippen LogP contribution in [0.3, 0.4) is 0 Å². The lowest BCUT2D eigenvalue weighted by Gasteiger charge is -2.33. The summed E-state index contributed by atoms with van der Waals surface area (Å²) >= 11 is 0. The fourth-order valence-corrected chi connectivity index (χ4v) is 4.99. The van der Waals surface area contributed by atoms with E-state index in [1.165, 1.54) is 18.2 Å². The van der Waals surface area contributed by atoms with E-state index in [1.807, 2.05) is 16.8 Å². The van der Waals surface area contributed by atoms with Gasteiger partial charge in [-0.2, -0.15) is 0 Å². The largest absolute Gasteiger partial charge is 0.481 e. The van der Waals surface area contributed by atoms with Crippen molar-refractivity contribution in [3.8, 4) is 0 Å². The number of hydrogen-bond donors (Lipinski definition) is 3. The Hall–Kier alpha value is -3.49. The normalized spacial score (nSPS) is 22.5. The minimum absolute atomic E-state index is 0.106. The van der Waals surface area contributed by atoms with Crippen LogP contribution in [-0.4, -0.2) is 45.3 Å². The summed E-state index contributed by atoms with van der Waals surface area (Å²) in [5.74, 6) is -4.84. The number of nitrogens with zero attached hydrogens (tertiary/aromatic N) is 1. The van der Waals surface area contributed by atoms with E-state index in [4.69, 9.17) is 0 Å². The second kappa shape index (κ2) is 9.40. The number of Topliss-reactive ketones (excluding diaryl/α,β-unsaturated/α-hetero) is 1. The molecule has 0 saturated carbocycles. The SMILES string of the molecule is CC(C)C(NC(=O)c1ccccc1F)C(=O)N[C@H]1CCc2ccn3c2C1C(=O)C[C@H](C(=O)O)C3. The summed E-state index contributed by atoms with van der Waals surface area (Å²) in [7, 11) is 0. The van der Waals surface area contributed by atoms with Gasteiger partial charge in [0.25, 0.3) is 5.91 Å². The number of rotatable bonds is 6. The van der Waals surface area contributed by atoms with E-state index < -0.39 is 47.5 Å². The van der Waals surface area contributed by atoms with Gasteiger partial charge in [0.05, 0.1) is 17.4 Å². The first kappa shape index (κ1) is 23.7. The van der Waals surface area contributed by atoms with Crippen LogP contribution in [-0.2, 0) is 27.3 Å². The average molecular weight is 470 g/mol. The molecule has 2 amide bonds. The number of carbonyl (C=O) groups excluding carboxylic acids is 3. The molecule has 2 aliphatic rings. The van der Waals surface area contributed by atoms with Crippen LogP contribution < -0.4 is 10.6 Å². The number of benzene rings is 1. The predicted molar refractivity (Wildman–Crippen MR) is 121 cm³/mol. The molecule has 0 radical (unpaired) electrons. The Kier molecular flexibility index (Phi) is 6.54. The van der Waals surface area contributed by atoms with Crippen LogP contribution in [0.15, 0.2) is 36.5 Å². The Morgan fingerprint density at radius 3 is 2.59 bits per heavy atom. The van der Waals surface area contributed by atoms with E-state index in [0.29, 0.717) is 12.8 Å². The maximum atomic E-state index is 14.0. The summed E-state index contributed by atoms with van der Waals surface area (Å²) in [6.45, 7) is 3.75. The van der Waals surface area contributed by atoms with Gasteiger partial charge < -0.3 is 20.3 Å². The predicted octanol–water partition coefficient (Wildman–Crippen LogP) is 2.27. The zero-order chi connectivity index (χ0) is 24.6. The third-order valence-corrected chi connectivity index (χ3v) is 6.76. The number of amides is 2. The van der Waals surface area contributed by atoms with Gasteiger partial charge in [-0.25, -0.2) is 4.39 Å². The van der Waals surface area contributed by atoms with Crippen molar-refractivity contribution in [1.82, 2.24) is 15.2 Å². The van der Waals surface area contributed by atoms with Gasteiger partial charge in [0.2, 0.25) is 5.91 Å². The Balaban J connectivity index is 1.55. The van der Waals surface area contributed by atoms with E-state index in [2.05, 4.69) is 10.6 Å². The first-order chi connectivity index (χ1) is 16.2. The number of carboxylic acid groups (broad SMARTS) is 1. The highest BCUT2D eigenvalue weighted by molar-refractivity contribution is 5.98. The number of carbonyl (C=O) groups is 4. The molecule has 34 heavy (non-hydrogen) atoms. The van der Waals surface area contributed by atoms with Gasteiger partial charge in [0.15, 0.2) is 0 Å². The topological polar surface area (TPSA) is 118 Å². The molecule has 8 nitrogen and oxygen atoms in total. The van der Waals surface area contributed by atoms with Crippen molar-refractivity contribution in [2.24, 2.45) is 11.8 Å². The summed E-state index contributed by atoms with van der Waals surface area (Å²) in [4.78, 5) is 50.7. The highest BCUT2D eigenvalue weighted by Crippen LogP contribution is 2.38. The van der Waals surface area contributed by atoms with Gasteiger partial charge in [-0.3, -0.25) is 19.2 Å². The second-order valence-electron chi connectivity index (χ2n) is 9.39. The molecule has 0 bridgehead atoms. The molecule has 0 saturated heterocycles. The molecule has 180 valence electrons. The number of halogens is 1. The van der Waals surface area contributed by atoms with Crippen molar-refractivity contribution in [2.75, 3.05) is 0 Å². The number of nitrogens with one attached hydrogen (secondary N) is 2. The van der Waals surface area contributed by atoms with Gasteiger partial charge in [0.1, 0.15) is 17.6 Å². The van der Waals surface area contributed by atoms with Crippen LogP contribution in [0.2, 0.25) is 0 Å². The number of aliphatic carboxylic acids is 1. The molecule has 0 spiro atoms. The molecule has 1 aliphatic carbocycles. The molecular formula is C25H28FN3O5. The molecule has 2 aromatic rings. The van der Waals surface area contributed by atoms with E-state index in [9.17, 15) is 28.7 Å². The number of aromatic nitrogens is 1. The van der Waals surface area contributed by atoms with Gasteiger partial charge in [-0.15, -0.1) is 0 Å². The fourth-order valence-electron chi connectivity index (χ4n) is 4.99. The lowest BCUT2D eigenvalue weighted by atomic mass is 9.79. The standard InChI is InChI=1S/C25H28FN3O5/c1-13(2)21(28-23(31)16-5-3-4-6-17(16)26)24(32)27-18-8-7-14-9-10-29-12-15(25(33)34)11-19(30)20(18)22(14)29/h3-6,9-10,13,15,18,20-21H,7-8,11-12H2,1-2H3,(H,27,32)(H,28,31)(H,33,34)/t15-,18-,20?,21?/m0/s1. The zero-order valence-corrected chi connectivity index (χ0v) is 19.1. The lowest BCUT2D eigenvalue weighted by Crippen LogP contribution is -2.54. The first-order valence-corrected chi connectivity index (χ1v) is 11.5. The third-order valence-electron chi connectivity index (χ3n) is 6.76. The lowest BCUT2D eigenvalue weighted by molar-refractivity contribution is -0.144. The fraction of sp³-hybridized carbons (Fsp3) is 0.440. The zero-order valence-electron chi connectivity index (χ0n) is 19.1. The number of carboxylic acids is 1. The smallest absolute Gasteiger partial charge is 0.308 e. The molecule has 4 rings (SSSR count). The maximum absolute atomic E-state index is 14.0. The summed E-state index contributed by atoms with van der Waals surface area (Å²) in [6.07, 6.45) is 2.86. The summed E-state index contributed by atoms with van der Waals surface area (Å²) in [5.41, 5.74) is 1.60. The Bertz CT molecular complexity index is 1140.